The normalized spacial score (nSPS) is 11.3. The summed E-state index contributed by atoms with van der Waals surface area (Å²) in [6.45, 7) is 2.80. The van der Waals surface area contributed by atoms with Crippen LogP contribution in [-0.4, -0.2) is 5.78 Å². The third kappa shape index (κ3) is 6.08. The molecule has 3 rings (SSSR count). The smallest absolute Gasteiger partial charge is 0.187 e. The number of nitrogen functional groups attached to an aromatic ring is 1. The van der Waals surface area contributed by atoms with E-state index in [4.69, 9.17) is 5.73 Å². The van der Waals surface area contributed by atoms with Gasteiger partial charge in [0.05, 0.1) is 0 Å². The standard InChI is InChI=1S/C26H28N2O/c1-2-3-7-20-10-14-23(15-11-20)26(29)18-25(22-8-5-4-6-9-22)28-19-21-12-16-24(27)17-13-21/h4-6,8-18,28H,2-3,7,19,27H2,1H3/b25-18-. The molecule has 0 saturated heterocycles. The first-order valence-corrected chi connectivity index (χ1v) is 10.1. The summed E-state index contributed by atoms with van der Waals surface area (Å²) in [4.78, 5) is 12.9. The Kier molecular flexibility index (Phi) is 7.23. The van der Waals surface area contributed by atoms with Crippen LogP contribution in [0.4, 0.5) is 5.69 Å². The second-order valence-corrected chi connectivity index (χ2v) is 7.18. The fraction of sp³-hybridized carbons (Fsp3) is 0.192. The van der Waals surface area contributed by atoms with Crippen molar-refractivity contribution in [2.45, 2.75) is 32.7 Å². The maximum atomic E-state index is 12.9. The summed E-state index contributed by atoms with van der Waals surface area (Å²) in [5, 5.41) is 3.41. The van der Waals surface area contributed by atoms with Crippen LogP contribution in [0.15, 0.2) is 84.9 Å². The molecule has 3 heteroatoms. The lowest BCUT2D eigenvalue weighted by Crippen LogP contribution is -2.13. The summed E-state index contributed by atoms with van der Waals surface area (Å²) >= 11 is 0. The number of anilines is 1. The van der Waals surface area contributed by atoms with E-state index in [0.717, 1.165) is 28.9 Å². The maximum absolute atomic E-state index is 12.9. The summed E-state index contributed by atoms with van der Waals surface area (Å²) in [5.41, 5.74) is 11.4. The molecule has 3 N–H and O–H groups in total. The van der Waals surface area contributed by atoms with Crippen molar-refractivity contribution in [3.05, 3.63) is 107 Å². The Hall–Kier alpha value is -3.33. The van der Waals surface area contributed by atoms with Gasteiger partial charge in [-0.1, -0.05) is 80.1 Å². The van der Waals surface area contributed by atoms with Crippen molar-refractivity contribution in [3.63, 3.8) is 0 Å². The molecule has 0 fully saturated rings. The van der Waals surface area contributed by atoms with E-state index in [1.807, 2.05) is 66.7 Å². The van der Waals surface area contributed by atoms with Crippen LogP contribution >= 0.6 is 0 Å². The molecule has 0 radical (unpaired) electrons. The quantitative estimate of drug-likeness (QED) is 0.286. The van der Waals surface area contributed by atoms with Gasteiger partial charge < -0.3 is 11.1 Å². The third-order valence-electron chi connectivity index (χ3n) is 4.88. The number of aryl methyl sites for hydroxylation is 1. The van der Waals surface area contributed by atoms with E-state index >= 15 is 0 Å². The van der Waals surface area contributed by atoms with E-state index in [1.54, 1.807) is 6.08 Å². The molecule has 29 heavy (non-hydrogen) atoms. The van der Waals surface area contributed by atoms with Crippen LogP contribution in [0, 0.1) is 0 Å². The molecule has 0 heterocycles. The second-order valence-electron chi connectivity index (χ2n) is 7.18. The molecule has 0 saturated carbocycles. The molecule has 0 atom stereocenters. The molecule has 3 aromatic rings. The van der Waals surface area contributed by atoms with Crippen molar-refractivity contribution in [1.82, 2.24) is 5.32 Å². The first kappa shape index (κ1) is 20.4. The van der Waals surface area contributed by atoms with Crippen LogP contribution in [0.25, 0.3) is 5.70 Å². The van der Waals surface area contributed by atoms with Gasteiger partial charge in [-0.25, -0.2) is 0 Å². The fourth-order valence-electron chi connectivity index (χ4n) is 3.12. The summed E-state index contributed by atoms with van der Waals surface area (Å²) in [7, 11) is 0. The maximum Gasteiger partial charge on any atom is 0.187 e. The Bertz CT molecular complexity index is 942. The first-order chi connectivity index (χ1) is 14.2. The molecule has 0 aliphatic carbocycles. The number of hydrogen-bond donors (Lipinski definition) is 2. The predicted octanol–water partition coefficient (Wildman–Crippen LogP) is 5.63. The summed E-state index contributed by atoms with van der Waals surface area (Å²) in [6.07, 6.45) is 5.08. The van der Waals surface area contributed by atoms with Crippen LogP contribution in [0.1, 0.15) is 46.8 Å². The number of nitrogens with one attached hydrogen (secondary N) is 1. The van der Waals surface area contributed by atoms with E-state index in [2.05, 4.69) is 24.4 Å². The Labute approximate surface area is 173 Å². The lowest BCUT2D eigenvalue weighted by molar-refractivity contribution is 0.104. The third-order valence-corrected chi connectivity index (χ3v) is 4.88. The Balaban J connectivity index is 1.78. The molecule has 0 bridgehead atoms. The lowest BCUT2D eigenvalue weighted by atomic mass is 10.0. The zero-order chi connectivity index (χ0) is 20.5. The van der Waals surface area contributed by atoms with Crippen LogP contribution in [0.5, 0.6) is 0 Å². The van der Waals surface area contributed by atoms with E-state index in [-0.39, 0.29) is 5.78 Å². The first-order valence-electron chi connectivity index (χ1n) is 10.1. The molecule has 0 amide bonds. The van der Waals surface area contributed by atoms with Crippen LogP contribution in [-0.2, 0) is 13.0 Å². The zero-order valence-corrected chi connectivity index (χ0v) is 16.9. The monoisotopic (exact) mass is 384 g/mol. The van der Waals surface area contributed by atoms with Gasteiger partial charge in [0.1, 0.15) is 0 Å². The minimum Gasteiger partial charge on any atom is -0.399 e. The number of benzene rings is 3. The number of hydrogen-bond acceptors (Lipinski definition) is 3. The summed E-state index contributed by atoms with van der Waals surface area (Å²) in [5.74, 6) is -0.00398. The van der Waals surface area contributed by atoms with Gasteiger partial charge in [-0.05, 0) is 41.7 Å². The van der Waals surface area contributed by atoms with Crippen molar-refractivity contribution in [3.8, 4) is 0 Å². The van der Waals surface area contributed by atoms with Crippen molar-refractivity contribution in [1.29, 1.82) is 0 Å². The highest BCUT2D eigenvalue weighted by Crippen LogP contribution is 2.16. The van der Waals surface area contributed by atoms with Crippen LogP contribution in [0.3, 0.4) is 0 Å². The van der Waals surface area contributed by atoms with E-state index in [0.29, 0.717) is 12.1 Å². The van der Waals surface area contributed by atoms with Gasteiger partial charge in [-0.3, -0.25) is 4.79 Å². The molecule has 3 nitrogen and oxygen atoms in total. The predicted molar refractivity (Wildman–Crippen MR) is 121 cm³/mol. The Morgan fingerprint density at radius 3 is 2.17 bits per heavy atom. The average molecular weight is 385 g/mol. The SMILES string of the molecule is CCCCc1ccc(C(=O)/C=C(\NCc2ccc(N)cc2)c2ccccc2)cc1. The molecule has 0 unspecified atom stereocenters. The van der Waals surface area contributed by atoms with Gasteiger partial charge >= 0.3 is 0 Å². The fourth-order valence-corrected chi connectivity index (χ4v) is 3.12. The average Bonchev–Trinajstić information content (AvgIpc) is 2.77. The molecule has 0 aromatic heterocycles. The molecule has 0 aliphatic heterocycles. The highest BCUT2D eigenvalue weighted by Gasteiger charge is 2.08. The van der Waals surface area contributed by atoms with Crippen molar-refractivity contribution >= 4 is 17.2 Å². The highest BCUT2D eigenvalue weighted by atomic mass is 16.1. The summed E-state index contributed by atoms with van der Waals surface area (Å²) in [6, 6.07) is 25.6. The molecule has 0 aliphatic rings. The number of allylic oxidation sites excluding steroid dienone is 1. The van der Waals surface area contributed by atoms with Crippen LogP contribution < -0.4 is 11.1 Å². The van der Waals surface area contributed by atoms with E-state index in [1.165, 1.54) is 18.4 Å². The zero-order valence-electron chi connectivity index (χ0n) is 16.9. The molecular weight excluding hydrogens is 356 g/mol. The minimum atomic E-state index is -0.00398. The number of nitrogens with two attached hydrogens (primary N) is 1. The number of rotatable bonds is 9. The van der Waals surface area contributed by atoms with E-state index < -0.39 is 0 Å². The van der Waals surface area contributed by atoms with Gasteiger partial charge in [0, 0.05) is 29.6 Å². The van der Waals surface area contributed by atoms with Gasteiger partial charge in [0.15, 0.2) is 5.78 Å². The number of carbonyl (C=O) groups is 1. The summed E-state index contributed by atoms with van der Waals surface area (Å²) < 4.78 is 0. The van der Waals surface area contributed by atoms with Gasteiger partial charge in [0.2, 0.25) is 0 Å². The van der Waals surface area contributed by atoms with E-state index in [9.17, 15) is 4.79 Å². The number of ketones is 1. The largest absolute Gasteiger partial charge is 0.399 e. The number of unbranched alkanes of at least 4 members (excludes halogenated alkanes) is 1. The molecule has 148 valence electrons. The molecule has 0 spiro atoms. The van der Waals surface area contributed by atoms with Crippen molar-refractivity contribution in [2.24, 2.45) is 0 Å². The van der Waals surface area contributed by atoms with Gasteiger partial charge in [-0.15, -0.1) is 0 Å². The van der Waals surface area contributed by atoms with Crippen molar-refractivity contribution < 1.29 is 4.79 Å². The Morgan fingerprint density at radius 2 is 1.52 bits per heavy atom. The second kappa shape index (κ2) is 10.3. The number of carbonyl (C=O) groups excluding carboxylic acids is 1. The van der Waals surface area contributed by atoms with Gasteiger partial charge in [0.25, 0.3) is 0 Å². The lowest BCUT2D eigenvalue weighted by Gasteiger charge is -2.12. The van der Waals surface area contributed by atoms with Crippen LogP contribution in [0.2, 0.25) is 0 Å². The minimum absolute atomic E-state index is 0.00398. The highest BCUT2D eigenvalue weighted by molar-refractivity contribution is 6.08. The molecule has 3 aromatic carbocycles. The Morgan fingerprint density at radius 1 is 0.862 bits per heavy atom. The molecular formula is C26H28N2O. The topological polar surface area (TPSA) is 55.1 Å². The van der Waals surface area contributed by atoms with Crippen molar-refractivity contribution in [2.75, 3.05) is 5.73 Å². The van der Waals surface area contributed by atoms with Gasteiger partial charge in [-0.2, -0.15) is 0 Å².